The zero-order chi connectivity index (χ0) is 15.9. The lowest BCUT2D eigenvalue weighted by atomic mass is 10.1. The number of rotatable bonds is 6. The van der Waals surface area contributed by atoms with Gasteiger partial charge in [-0.1, -0.05) is 26.0 Å². The SMILES string of the molecule is CC(C)CCNC(=O)c1ccnc(Nc2ccccc2F)n1. The molecule has 0 saturated heterocycles. The monoisotopic (exact) mass is 302 g/mol. The standard InChI is InChI=1S/C16H19FN4O/c1-11(2)7-9-18-15(22)14-8-10-19-16(21-14)20-13-6-4-3-5-12(13)17/h3-6,8,10-11H,7,9H2,1-2H3,(H,18,22)(H,19,20,21). The summed E-state index contributed by atoms with van der Waals surface area (Å²) in [6.45, 7) is 4.77. The predicted molar refractivity (Wildman–Crippen MR) is 83.5 cm³/mol. The first kappa shape index (κ1) is 15.9. The molecule has 0 aliphatic carbocycles. The van der Waals surface area contributed by atoms with Crippen LogP contribution in [-0.2, 0) is 0 Å². The van der Waals surface area contributed by atoms with E-state index in [9.17, 15) is 9.18 Å². The number of amides is 1. The van der Waals surface area contributed by atoms with Crippen molar-refractivity contribution in [2.24, 2.45) is 5.92 Å². The minimum absolute atomic E-state index is 0.182. The van der Waals surface area contributed by atoms with Gasteiger partial charge in [0.05, 0.1) is 5.69 Å². The Balaban J connectivity index is 2.03. The Labute approximate surface area is 129 Å². The second-order valence-corrected chi connectivity index (χ2v) is 5.31. The first-order chi connectivity index (χ1) is 10.6. The van der Waals surface area contributed by atoms with E-state index in [4.69, 9.17) is 0 Å². The molecule has 1 aromatic carbocycles. The molecule has 0 fully saturated rings. The van der Waals surface area contributed by atoms with Crippen LogP contribution in [-0.4, -0.2) is 22.4 Å². The second-order valence-electron chi connectivity index (χ2n) is 5.31. The van der Waals surface area contributed by atoms with Crippen LogP contribution in [0.4, 0.5) is 16.0 Å². The molecule has 0 unspecified atom stereocenters. The minimum Gasteiger partial charge on any atom is -0.351 e. The normalized spacial score (nSPS) is 10.5. The van der Waals surface area contributed by atoms with Gasteiger partial charge in [-0.25, -0.2) is 14.4 Å². The molecule has 116 valence electrons. The van der Waals surface area contributed by atoms with Crippen LogP contribution >= 0.6 is 0 Å². The second kappa shape index (κ2) is 7.49. The van der Waals surface area contributed by atoms with E-state index in [1.165, 1.54) is 18.3 Å². The molecule has 1 amide bonds. The highest BCUT2D eigenvalue weighted by Crippen LogP contribution is 2.16. The first-order valence-electron chi connectivity index (χ1n) is 7.19. The summed E-state index contributed by atoms with van der Waals surface area (Å²) in [5, 5.41) is 5.57. The lowest BCUT2D eigenvalue weighted by molar-refractivity contribution is 0.0947. The van der Waals surface area contributed by atoms with Gasteiger partial charge in [0.2, 0.25) is 5.95 Å². The summed E-state index contributed by atoms with van der Waals surface area (Å²) >= 11 is 0. The van der Waals surface area contributed by atoms with Crippen molar-refractivity contribution in [3.05, 3.63) is 48.0 Å². The Bertz CT molecular complexity index is 646. The van der Waals surface area contributed by atoms with E-state index in [2.05, 4.69) is 34.4 Å². The fourth-order valence-electron chi connectivity index (χ4n) is 1.79. The van der Waals surface area contributed by atoms with E-state index < -0.39 is 5.82 Å². The van der Waals surface area contributed by atoms with Crippen LogP contribution in [0.1, 0.15) is 30.8 Å². The molecule has 2 N–H and O–H groups in total. The van der Waals surface area contributed by atoms with Gasteiger partial charge in [-0.05, 0) is 30.5 Å². The Morgan fingerprint density at radius 2 is 2.05 bits per heavy atom. The summed E-state index contributed by atoms with van der Waals surface area (Å²) in [6, 6.07) is 7.74. The molecule has 2 rings (SSSR count). The van der Waals surface area contributed by atoms with Crippen LogP contribution in [0.5, 0.6) is 0 Å². The van der Waals surface area contributed by atoms with Gasteiger partial charge < -0.3 is 10.6 Å². The largest absolute Gasteiger partial charge is 0.351 e. The summed E-state index contributed by atoms with van der Waals surface area (Å²) in [5.74, 6) is 0.0307. The lowest BCUT2D eigenvalue weighted by Gasteiger charge is -2.08. The number of nitrogens with zero attached hydrogens (tertiary/aromatic N) is 2. The fourth-order valence-corrected chi connectivity index (χ4v) is 1.79. The Morgan fingerprint density at radius 3 is 2.77 bits per heavy atom. The van der Waals surface area contributed by atoms with Crippen molar-refractivity contribution in [3.8, 4) is 0 Å². The molecule has 0 atom stereocenters. The highest BCUT2D eigenvalue weighted by atomic mass is 19.1. The van der Waals surface area contributed by atoms with E-state index in [1.54, 1.807) is 18.2 Å². The van der Waals surface area contributed by atoms with Gasteiger partial charge in [-0.15, -0.1) is 0 Å². The summed E-state index contributed by atoms with van der Waals surface area (Å²) in [6.07, 6.45) is 2.37. The smallest absolute Gasteiger partial charge is 0.270 e. The molecule has 0 radical (unpaired) electrons. The van der Waals surface area contributed by atoms with Gasteiger partial charge in [-0.2, -0.15) is 0 Å². The van der Waals surface area contributed by atoms with Crippen molar-refractivity contribution >= 4 is 17.5 Å². The van der Waals surface area contributed by atoms with Crippen molar-refractivity contribution < 1.29 is 9.18 Å². The molecule has 2 aromatic rings. The number of nitrogens with one attached hydrogen (secondary N) is 2. The number of hydrogen-bond donors (Lipinski definition) is 2. The van der Waals surface area contributed by atoms with Crippen LogP contribution in [0.25, 0.3) is 0 Å². The molecular weight excluding hydrogens is 283 g/mol. The Hall–Kier alpha value is -2.50. The van der Waals surface area contributed by atoms with Gasteiger partial charge in [0.25, 0.3) is 5.91 Å². The predicted octanol–water partition coefficient (Wildman–Crippen LogP) is 3.14. The Kier molecular flexibility index (Phi) is 5.41. The van der Waals surface area contributed by atoms with E-state index >= 15 is 0 Å². The molecule has 1 aromatic heterocycles. The number of carbonyl (C=O) groups is 1. The van der Waals surface area contributed by atoms with E-state index in [0.717, 1.165) is 6.42 Å². The zero-order valence-electron chi connectivity index (χ0n) is 12.6. The van der Waals surface area contributed by atoms with Crippen molar-refractivity contribution in [2.45, 2.75) is 20.3 Å². The van der Waals surface area contributed by atoms with E-state index in [0.29, 0.717) is 12.5 Å². The summed E-state index contributed by atoms with van der Waals surface area (Å²) in [5.41, 5.74) is 0.512. The number of hydrogen-bond acceptors (Lipinski definition) is 4. The summed E-state index contributed by atoms with van der Waals surface area (Å²) in [4.78, 5) is 20.1. The number of para-hydroxylation sites is 1. The summed E-state index contributed by atoms with van der Waals surface area (Å²) in [7, 11) is 0. The molecule has 0 saturated carbocycles. The van der Waals surface area contributed by atoms with Gasteiger partial charge in [-0.3, -0.25) is 4.79 Å². The van der Waals surface area contributed by atoms with E-state index in [1.807, 2.05) is 0 Å². The van der Waals surface area contributed by atoms with Crippen molar-refractivity contribution in [2.75, 3.05) is 11.9 Å². The fraction of sp³-hybridized carbons (Fsp3) is 0.312. The van der Waals surface area contributed by atoms with Crippen molar-refractivity contribution in [1.29, 1.82) is 0 Å². The molecular formula is C16H19FN4O. The maximum Gasteiger partial charge on any atom is 0.270 e. The van der Waals surface area contributed by atoms with Crippen molar-refractivity contribution in [1.82, 2.24) is 15.3 Å². The van der Waals surface area contributed by atoms with Crippen molar-refractivity contribution in [3.63, 3.8) is 0 Å². The molecule has 1 heterocycles. The molecule has 5 nitrogen and oxygen atoms in total. The highest BCUT2D eigenvalue weighted by molar-refractivity contribution is 5.92. The molecule has 0 spiro atoms. The Morgan fingerprint density at radius 1 is 1.27 bits per heavy atom. The zero-order valence-corrected chi connectivity index (χ0v) is 12.6. The molecule has 0 aliphatic heterocycles. The maximum absolute atomic E-state index is 13.6. The van der Waals surface area contributed by atoms with Gasteiger partial charge in [0, 0.05) is 12.7 Å². The van der Waals surface area contributed by atoms with Crippen LogP contribution < -0.4 is 10.6 Å². The topological polar surface area (TPSA) is 66.9 Å². The number of aromatic nitrogens is 2. The number of halogens is 1. The number of benzene rings is 1. The third kappa shape index (κ3) is 4.51. The molecule has 0 aliphatic rings. The quantitative estimate of drug-likeness (QED) is 0.860. The molecule has 0 bridgehead atoms. The number of carbonyl (C=O) groups excluding carboxylic acids is 1. The third-order valence-electron chi connectivity index (χ3n) is 3.02. The first-order valence-corrected chi connectivity index (χ1v) is 7.19. The van der Waals surface area contributed by atoms with Crippen LogP contribution in [0.2, 0.25) is 0 Å². The van der Waals surface area contributed by atoms with Gasteiger partial charge >= 0.3 is 0 Å². The summed E-state index contributed by atoms with van der Waals surface area (Å²) < 4.78 is 13.6. The molecule has 22 heavy (non-hydrogen) atoms. The molecule has 6 heteroatoms. The highest BCUT2D eigenvalue weighted by Gasteiger charge is 2.09. The van der Waals surface area contributed by atoms with Crippen LogP contribution in [0.3, 0.4) is 0 Å². The number of anilines is 2. The average Bonchev–Trinajstić information content (AvgIpc) is 2.49. The van der Waals surface area contributed by atoms with Crippen LogP contribution in [0.15, 0.2) is 36.5 Å². The minimum atomic E-state index is -0.405. The van der Waals surface area contributed by atoms with E-state index in [-0.39, 0.29) is 23.2 Å². The maximum atomic E-state index is 13.6. The van der Waals surface area contributed by atoms with Gasteiger partial charge in [0.15, 0.2) is 0 Å². The third-order valence-corrected chi connectivity index (χ3v) is 3.02. The lowest BCUT2D eigenvalue weighted by Crippen LogP contribution is -2.26. The van der Waals surface area contributed by atoms with Gasteiger partial charge in [0.1, 0.15) is 11.5 Å². The van der Waals surface area contributed by atoms with Crippen LogP contribution in [0, 0.1) is 11.7 Å². The average molecular weight is 302 g/mol.